The fourth-order valence-electron chi connectivity index (χ4n) is 2.00. The molecule has 0 saturated carbocycles. The Hall–Kier alpha value is -0.430. The maximum absolute atomic E-state index is 5.82. The van der Waals surface area contributed by atoms with Gasteiger partial charge in [-0.2, -0.15) is 0 Å². The molecule has 0 bridgehead atoms. The molecule has 17 heavy (non-hydrogen) atoms. The van der Waals surface area contributed by atoms with E-state index in [1.54, 1.807) is 0 Å². The Morgan fingerprint density at radius 2 is 2.18 bits per heavy atom. The second-order valence-corrected chi connectivity index (χ2v) is 5.45. The minimum absolute atomic E-state index is 0.0677. The monoisotopic (exact) mass is 347 g/mol. The fraction of sp³-hybridized carbons (Fsp3) is 0.667. The Bertz CT molecular complexity index is 411. The van der Waals surface area contributed by atoms with Crippen LogP contribution < -0.4 is 5.32 Å². The molecule has 2 atom stereocenters. The molecular formula is C12H18IN3O. The summed E-state index contributed by atoms with van der Waals surface area (Å²) in [6, 6.07) is 0. The van der Waals surface area contributed by atoms with E-state index in [4.69, 9.17) is 4.74 Å². The molecule has 4 nitrogen and oxygen atoms in total. The van der Waals surface area contributed by atoms with E-state index < -0.39 is 0 Å². The summed E-state index contributed by atoms with van der Waals surface area (Å²) >= 11 is 2.28. The third-order valence-electron chi connectivity index (χ3n) is 2.90. The zero-order valence-corrected chi connectivity index (χ0v) is 12.6. The van der Waals surface area contributed by atoms with Crippen LogP contribution in [0.4, 0.5) is 5.82 Å². The molecule has 1 aliphatic rings. The summed E-state index contributed by atoms with van der Waals surface area (Å²) in [5, 5.41) is 3.28. The maximum atomic E-state index is 5.82. The Balaban J connectivity index is 2.28. The lowest BCUT2D eigenvalue weighted by molar-refractivity contribution is 0.0502. The predicted molar refractivity (Wildman–Crippen MR) is 76.2 cm³/mol. The van der Waals surface area contributed by atoms with Crippen LogP contribution in [0.15, 0.2) is 0 Å². The van der Waals surface area contributed by atoms with Crippen LogP contribution in [0.25, 0.3) is 0 Å². The number of nitrogens with zero attached hydrogens (tertiary/aromatic N) is 2. The lowest BCUT2D eigenvalue weighted by atomic mass is 10.2. The number of halogens is 1. The van der Waals surface area contributed by atoms with Crippen LogP contribution in [0, 0.1) is 10.5 Å². The van der Waals surface area contributed by atoms with E-state index >= 15 is 0 Å². The Kier molecular flexibility index (Phi) is 4.19. The number of hydrogen-bond acceptors (Lipinski definition) is 4. The minimum atomic E-state index is 0.0677. The van der Waals surface area contributed by atoms with E-state index in [9.17, 15) is 0 Å². The number of ether oxygens (including phenoxy) is 1. The summed E-state index contributed by atoms with van der Waals surface area (Å²) in [4.78, 5) is 9.13. The predicted octanol–water partition coefficient (Wildman–Crippen LogP) is 3.06. The van der Waals surface area contributed by atoms with Crippen molar-refractivity contribution in [3.05, 3.63) is 15.1 Å². The highest BCUT2D eigenvalue weighted by molar-refractivity contribution is 14.1. The first-order valence-electron chi connectivity index (χ1n) is 6.05. The topological polar surface area (TPSA) is 47.0 Å². The van der Waals surface area contributed by atoms with Crippen LogP contribution in [-0.4, -0.2) is 22.6 Å². The molecule has 0 spiro atoms. The van der Waals surface area contributed by atoms with Crippen LogP contribution in [0.1, 0.15) is 44.3 Å². The average molecular weight is 347 g/mol. The molecule has 1 saturated heterocycles. The summed E-state index contributed by atoms with van der Waals surface area (Å²) in [7, 11) is 0. The quantitative estimate of drug-likeness (QED) is 0.854. The van der Waals surface area contributed by atoms with Crippen molar-refractivity contribution >= 4 is 28.4 Å². The molecule has 1 N–H and O–H groups in total. The normalized spacial score (nSPS) is 24.0. The van der Waals surface area contributed by atoms with Crippen molar-refractivity contribution in [2.75, 3.05) is 11.9 Å². The van der Waals surface area contributed by atoms with Crippen LogP contribution in [0.3, 0.4) is 0 Å². The summed E-state index contributed by atoms with van der Waals surface area (Å²) in [5.41, 5.74) is 1.02. The number of anilines is 1. The number of aromatic nitrogens is 2. The van der Waals surface area contributed by atoms with Gasteiger partial charge in [0.05, 0.1) is 15.4 Å². The van der Waals surface area contributed by atoms with Gasteiger partial charge in [-0.15, -0.1) is 0 Å². The fourth-order valence-corrected chi connectivity index (χ4v) is 2.43. The van der Waals surface area contributed by atoms with Gasteiger partial charge in [-0.3, -0.25) is 0 Å². The molecule has 1 aromatic heterocycles. The zero-order valence-electron chi connectivity index (χ0n) is 10.5. The highest BCUT2D eigenvalue weighted by Crippen LogP contribution is 2.32. The summed E-state index contributed by atoms with van der Waals surface area (Å²) in [6.07, 6.45) is 2.51. The first-order chi connectivity index (χ1) is 8.11. The molecule has 2 rings (SSSR count). The maximum Gasteiger partial charge on any atom is 0.159 e. The van der Waals surface area contributed by atoms with E-state index in [1.807, 2.05) is 6.92 Å². The van der Waals surface area contributed by atoms with Gasteiger partial charge in [0.2, 0.25) is 0 Å². The molecule has 94 valence electrons. The SMILES string of the molecule is CCNc1nc(C2CCC(C)O2)nc(C)c1I. The highest BCUT2D eigenvalue weighted by atomic mass is 127. The summed E-state index contributed by atoms with van der Waals surface area (Å²) in [6.45, 7) is 7.06. The van der Waals surface area contributed by atoms with E-state index in [0.29, 0.717) is 6.10 Å². The third-order valence-corrected chi connectivity index (χ3v) is 4.19. The van der Waals surface area contributed by atoms with Gasteiger partial charge in [0, 0.05) is 6.54 Å². The minimum Gasteiger partial charge on any atom is -0.369 e. The van der Waals surface area contributed by atoms with E-state index in [-0.39, 0.29) is 6.10 Å². The summed E-state index contributed by atoms with van der Waals surface area (Å²) in [5.74, 6) is 1.75. The smallest absolute Gasteiger partial charge is 0.159 e. The molecule has 0 radical (unpaired) electrons. The lowest BCUT2D eigenvalue weighted by Crippen LogP contribution is -2.11. The molecule has 0 aliphatic carbocycles. The van der Waals surface area contributed by atoms with E-state index in [2.05, 4.69) is 51.7 Å². The first kappa shape index (κ1) is 13.0. The molecular weight excluding hydrogens is 329 g/mol. The van der Waals surface area contributed by atoms with Gasteiger partial charge in [-0.05, 0) is 56.2 Å². The van der Waals surface area contributed by atoms with Gasteiger partial charge in [-0.1, -0.05) is 0 Å². The van der Waals surface area contributed by atoms with Gasteiger partial charge >= 0.3 is 0 Å². The van der Waals surface area contributed by atoms with Gasteiger partial charge in [0.15, 0.2) is 5.82 Å². The third kappa shape index (κ3) is 2.88. The Morgan fingerprint density at radius 1 is 1.41 bits per heavy atom. The largest absolute Gasteiger partial charge is 0.369 e. The van der Waals surface area contributed by atoms with Gasteiger partial charge in [-0.25, -0.2) is 9.97 Å². The highest BCUT2D eigenvalue weighted by Gasteiger charge is 2.26. The molecule has 5 heteroatoms. The number of hydrogen-bond donors (Lipinski definition) is 1. The number of rotatable bonds is 3. The van der Waals surface area contributed by atoms with Crippen LogP contribution >= 0.6 is 22.6 Å². The van der Waals surface area contributed by atoms with Crippen molar-refractivity contribution in [1.82, 2.24) is 9.97 Å². The molecule has 0 aromatic carbocycles. The van der Waals surface area contributed by atoms with Crippen LogP contribution in [-0.2, 0) is 4.74 Å². The van der Waals surface area contributed by atoms with Crippen molar-refractivity contribution in [2.24, 2.45) is 0 Å². The molecule has 1 aromatic rings. The van der Waals surface area contributed by atoms with E-state index in [1.165, 1.54) is 0 Å². The van der Waals surface area contributed by atoms with Crippen molar-refractivity contribution in [1.29, 1.82) is 0 Å². The second-order valence-electron chi connectivity index (χ2n) is 4.37. The average Bonchev–Trinajstić information content (AvgIpc) is 2.71. The van der Waals surface area contributed by atoms with Gasteiger partial charge in [0.25, 0.3) is 0 Å². The Labute approximate surface area is 116 Å². The lowest BCUT2D eigenvalue weighted by Gasteiger charge is -2.14. The van der Waals surface area contributed by atoms with Gasteiger partial charge in [0.1, 0.15) is 11.9 Å². The second kappa shape index (κ2) is 5.48. The zero-order chi connectivity index (χ0) is 12.4. The molecule has 2 unspecified atom stereocenters. The Morgan fingerprint density at radius 3 is 2.76 bits per heavy atom. The van der Waals surface area contributed by atoms with Crippen molar-refractivity contribution in [3.8, 4) is 0 Å². The molecule has 1 fully saturated rings. The molecule has 2 heterocycles. The number of nitrogens with one attached hydrogen (secondary N) is 1. The van der Waals surface area contributed by atoms with Crippen LogP contribution in [0.2, 0.25) is 0 Å². The first-order valence-corrected chi connectivity index (χ1v) is 7.13. The molecule has 0 amide bonds. The summed E-state index contributed by atoms with van der Waals surface area (Å²) < 4.78 is 6.92. The van der Waals surface area contributed by atoms with Crippen molar-refractivity contribution in [3.63, 3.8) is 0 Å². The molecule has 1 aliphatic heterocycles. The number of aryl methyl sites for hydroxylation is 1. The van der Waals surface area contributed by atoms with Gasteiger partial charge < -0.3 is 10.1 Å². The van der Waals surface area contributed by atoms with E-state index in [0.717, 1.165) is 40.3 Å². The standard InChI is InChI=1S/C12H18IN3O/c1-4-14-12-10(13)8(3)15-11(16-12)9-6-5-7(2)17-9/h7,9H,4-6H2,1-3H3,(H,14,15,16). The van der Waals surface area contributed by atoms with Crippen molar-refractivity contribution in [2.45, 2.75) is 45.8 Å². The van der Waals surface area contributed by atoms with Crippen LogP contribution in [0.5, 0.6) is 0 Å². The van der Waals surface area contributed by atoms with Crippen molar-refractivity contribution < 1.29 is 4.74 Å².